The molecule has 0 radical (unpaired) electrons. The van der Waals surface area contributed by atoms with E-state index in [1.807, 2.05) is 0 Å². The van der Waals surface area contributed by atoms with Gasteiger partial charge in [0, 0.05) is 0 Å². The third-order valence-electron chi connectivity index (χ3n) is 4.15. The molecule has 1 saturated carbocycles. The SMILES string of the molecule is CC1CCCC(CO)(NC(=O)Cc2ccc(Cl)c(Cl)c2)C1. The zero-order chi connectivity index (χ0) is 15.5. The molecule has 1 amide bonds. The Hall–Kier alpha value is -0.770. The predicted molar refractivity (Wildman–Crippen MR) is 85.8 cm³/mol. The van der Waals surface area contributed by atoms with Gasteiger partial charge < -0.3 is 10.4 Å². The van der Waals surface area contributed by atoms with E-state index in [4.69, 9.17) is 23.2 Å². The fourth-order valence-electron chi connectivity index (χ4n) is 3.13. The summed E-state index contributed by atoms with van der Waals surface area (Å²) in [6.45, 7) is 2.15. The smallest absolute Gasteiger partial charge is 0.224 e. The molecule has 0 bridgehead atoms. The molecule has 3 nitrogen and oxygen atoms in total. The van der Waals surface area contributed by atoms with E-state index in [0.717, 1.165) is 31.2 Å². The summed E-state index contributed by atoms with van der Waals surface area (Å²) in [7, 11) is 0. The lowest BCUT2D eigenvalue weighted by Crippen LogP contribution is -2.54. The summed E-state index contributed by atoms with van der Waals surface area (Å²) in [5.74, 6) is 0.438. The van der Waals surface area contributed by atoms with Crippen LogP contribution in [0.3, 0.4) is 0 Å². The van der Waals surface area contributed by atoms with Crippen LogP contribution in [0.15, 0.2) is 18.2 Å². The first-order valence-electron chi connectivity index (χ1n) is 7.30. The normalized spacial score (nSPS) is 25.6. The molecule has 0 spiro atoms. The van der Waals surface area contributed by atoms with E-state index in [9.17, 15) is 9.90 Å². The van der Waals surface area contributed by atoms with Gasteiger partial charge in [0.15, 0.2) is 0 Å². The number of amides is 1. The van der Waals surface area contributed by atoms with Crippen LogP contribution >= 0.6 is 23.2 Å². The maximum absolute atomic E-state index is 12.2. The van der Waals surface area contributed by atoms with Gasteiger partial charge in [-0.15, -0.1) is 0 Å². The summed E-state index contributed by atoms with van der Waals surface area (Å²) in [6.07, 6.45) is 4.10. The average Bonchev–Trinajstić information content (AvgIpc) is 2.43. The van der Waals surface area contributed by atoms with Gasteiger partial charge in [-0.2, -0.15) is 0 Å². The predicted octanol–water partition coefficient (Wildman–Crippen LogP) is 3.59. The van der Waals surface area contributed by atoms with Crippen LogP contribution in [0.4, 0.5) is 0 Å². The molecule has 5 heteroatoms. The summed E-state index contributed by atoms with van der Waals surface area (Å²) in [6, 6.07) is 5.19. The number of aliphatic hydroxyl groups excluding tert-OH is 1. The maximum atomic E-state index is 12.2. The number of hydrogen-bond donors (Lipinski definition) is 2. The second kappa shape index (κ2) is 6.99. The second-order valence-corrected chi connectivity index (χ2v) is 6.93. The minimum atomic E-state index is -0.467. The summed E-state index contributed by atoms with van der Waals surface area (Å²) < 4.78 is 0. The van der Waals surface area contributed by atoms with Crippen molar-refractivity contribution in [1.82, 2.24) is 5.32 Å². The standard InChI is InChI=1S/C16H21Cl2NO2/c1-11-3-2-6-16(9-11,10-20)19-15(21)8-12-4-5-13(17)14(18)7-12/h4-5,7,11,20H,2-3,6,8-10H2,1H3,(H,19,21). The van der Waals surface area contributed by atoms with E-state index < -0.39 is 5.54 Å². The van der Waals surface area contributed by atoms with Crippen molar-refractivity contribution in [2.75, 3.05) is 6.61 Å². The monoisotopic (exact) mass is 329 g/mol. The quantitative estimate of drug-likeness (QED) is 0.886. The van der Waals surface area contributed by atoms with Gasteiger partial charge in [-0.05, 0) is 36.5 Å². The molecule has 2 rings (SSSR count). The first-order valence-corrected chi connectivity index (χ1v) is 8.05. The first kappa shape index (κ1) is 16.6. The molecule has 2 atom stereocenters. The van der Waals surface area contributed by atoms with Crippen molar-refractivity contribution in [3.8, 4) is 0 Å². The number of halogens is 2. The molecule has 116 valence electrons. The molecule has 1 aliphatic carbocycles. The number of hydrogen-bond acceptors (Lipinski definition) is 2. The Morgan fingerprint density at radius 2 is 2.19 bits per heavy atom. The van der Waals surface area contributed by atoms with Gasteiger partial charge >= 0.3 is 0 Å². The first-order chi connectivity index (χ1) is 9.94. The zero-order valence-electron chi connectivity index (χ0n) is 12.2. The minimum Gasteiger partial charge on any atom is -0.394 e. The molecule has 1 aromatic carbocycles. The highest BCUT2D eigenvalue weighted by atomic mass is 35.5. The Kier molecular flexibility index (Phi) is 5.53. The van der Waals surface area contributed by atoms with Gasteiger partial charge in [0.25, 0.3) is 0 Å². The van der Waals surface area contributed by atoms with E-state index in [-0.39, 0.29) is 18.9 Å². The molecule has 0 saturated heterocycles. The number of aliphatic hydroxyl groups is 1. The topological polar surface area (TPSA) is 49.3 Å². The Morgan fingerprint density at radius 1 is 1.43 bits per heavy atom. The summed E-state index contributed by atoms with van der Waals surface area (Å²) in [4.78, 5) is 12.2. The second-order valence-electron chi connectivity index (χ2n) is 6.11. The highest BCUT2D eigenvalue weighted by Gasteiger charge is 2.35. The number of carbonyl (C=O) groups is 1. The van der Waals surface area contributed by atoms with Crippen molar-refractivity contribution < 1.29 is 9.90 Å². The zero-order valence-corrected chi connectivity index (χ0v) is 13.7. The molecule has 2 unspecified atom stereocenters. The average molecular weight is 330 g/mol. The molecule has 1 aromatic rings. The Labute approximate surface area is 135 Å². The lowest BCUT2D eigenvalue weighted by molar-refractivity contribution is -0.123. The van der Waals surface area contributed by atoms with Crippen LogP contribution in [0, 0.1) is 5.92 Å². The van der Waals surface area contributed by atoms with Crippen LogP contribution in [0.1, 0.15) is 38.2 Å². The number of carbonyl (C=O) groups excluding carboxylic acids is 1. The van der Waals surface area contributed by atoms with Gasteiger partial charge in [-0.3, -0.25) is 4.79 Å². The molecule has 0 aliphatic heterocycles. The van der Waals surface area contributed by atoms with Crippen LogP contribution < -0.4 is 5.32 Å². The van der Waals surface area contributed by atoms with Crippen LogP contribution in [0.5, 0.6) is 0 Å². The highest BCUT2D eigenvalue weighted by Crippen LogP contribution is 2.32. The van der Waals surface area contributed by atoms with Gasteiger partial charge in [0.2, 0.25) is 5.91 Å². The minimum absolute atomic E-state index is 0.00947. The Balaban J connectivity index is 2.01. The summed E-state index contributed by atoms with van der Waals surface area (Å²) >= 11 is 11.8. The van der Waals surface area contributed by atoms with Crippen molar-refractivity contribution in [3.05, 3.63) is 33.8 Å². The van der Waals surface area contributed by atoms with Gasteiger partial charge in [0.05, 0.1) is 28.6 Å². The van der Waals surface area contributed by atoms with Crippen molar-refractivity contribution >= 4 is 29.1 Å². The summed E-state index contributed by atoms with van der Waals surface area (Å²) in [5, 5.41) is 13.7. The molecular weight excluding hydrogens is 309 g/mol. The molecule has 1 fully saturated rings. The third-order valence-corrected chi connectivity index (χ3v) is 4.89. The van der Waals surface area contributed by atoms with Crippen LogP contribution in [0.25, 0.3) is 0 Å². The van der Waals surface area contributed by atoms with Gasteiger partial charge in [0.1, 0.15) is 0 Å². The van der Waals surface area contributed by atoms with Crippen LogP contribution in [0.2, 0.25) is 10.0 Å². The molecule has 0 heterocycles. The number of nitrogens with one attached hydrogen (secondary N) is 1. The third kappa shape index (κ3) is 4.35. The lowest BCUT2D eigenvalue weighted by Gasteiger charge is -2.39. The van der Waals surface area contributed by atoms with Gasteiger partial charge in [-0.1, -0.05) is 49.0 Å². The fraction of sp³-hybridized carbons (Fsp3) is 0.562. The molecule has 0 aromatic heterocycles. The Bertz CT molecular complexity index is 521. The van der Waals surface area contributed by atoms with E-state index >= 15 is 0 Å². The van der Waals surface area contributed by atoms with Gasteiger partial charge in [-0.25, -0.2) is 0 Å². The summed E-state index contributed by atoms with van der Waals surface area (Å²) in [5.41, 5.74) is 0.351. The van der Waals surface area contributed by atoms with E-state index in [2.05, 4.69) is 12.2 Å². The van der Waals surface area contributed by atoms with Crippen LogP contribution in [-0.2, 0) is 11.2 Å². The largest absolute Gasteiger partial charge is 0.394 e. The van der Waals surface area contributed by atoms with E-state index in [1.54, 1.807) is 18.2 Å². The Morgan fingerprint density at radius 3 is 2.81 bits per heavy atom. The maximum Gasteiger partial charge on any atom is 0.224 e. The molecule has 1 aliphatic rings. The van der Waals surface area contributed by atoms with Crippen molar-refractivity contribution in [2.45, 2.75) is 44.6 Å². The highest BCUT2D eigenvalue weighted by molar-refractivity contribution is 6.42. The van der Waals surface area contributed by atoms with Crippen molar-refractivity contribution in [1.29, 1.82) is 0 Å². The van der Waals surface area contributed by atoms with E-state index in [0.29, 0.717) is 16.0 Å². The molecule has 21 heavy (non-hydrogen) atoms. The van der Waals surface area contributed by atoms with Crippen molar-refractivity contribution in [3.63, 3.8) is 0 Å². The number of rotatable bonds is 4. The lowest BCUT2D eigenvalue weighted by atomic mass is 9.76. The van der Waals surface area contributed by atoms with Crippen molar-refractivity contribution in [2.24, 2.45) is 5.92 Å². The van der Waals surface area contributed by atoms with E-state index in [1.165, 1.54) is 0 Å². The number of benzene rings is 1. The molecular formula is C16H21Cl2NO2. The molecule has 2 N–H and O–H groups in total. The van der Waals surface area contributed by atoms with Crippen LogP contribution in [-0.4, -0.2) is 23.2 Å². The fourth-order valence-corrected chi connectivity index (χ4v) is 3.45.